The predicted molar refractivity (Wildman–Crippen MR) is 186 cm³/mol. The Labute approximate surface area is 309 Å². The second-order valence-electron chi connectivity index (χ2n) is 17.1. The number of hydrogen-bond donors (Lipinski definition) is 3. The van der Waals surface area contributed by atoms with Crippen molar-refractivity contribution in [1.82, 2.24) is 10.3 Å². The first kappa shape index (κ1) is 39.3. The van der Waals surface area contributed by atoms with Crippen molar-refractivity contribution in [3.63, 3.8) is 0 Å². The number of hydrogen-bond acceptors (Lipinski definition) is 12. The Kier molecular flexibility index (Phi) is 9.93. The van der Waals surface area contributed by atoms with Crippen molar-refractivity contribution in [2.24, 2.45) is 22.7 Å². The summed E-state index contributed by atoms with van der Waals surface area (Å²) in [6.07, 6.45) is -2.86. The second kappa shape index (κ2) is 13.4. The number of nitrogens with one attached hydrogen (secondary N) is 1. The molecule has 12 atom stereocenters. The number of fused-ring (bicyclic) bond motifs is 8. The molecule has 0 spiro atoms. The molecule has 0 unspecified atom stereocenters. The van der Waals surface area contributed by atoms with E-state index in [1.807, 2.05) is 27.7 Å². The average molecular weight is 745 g/mol. The second-order valence-corrected chi connectivity index (χ2v) is 17.1. The molecule has 2 aliphatic heterocycles. The molecule has 4 fully saturated rings. The fraction of sp³-hybridized carbons (Fsp3) is 0.692. The number of halogens is 1. The summed E-state index contributed by atoms with van der Waals surface area (Å²) in [5.74, 6) is -3.31. The molecule has 1 amide bonds. The van der Waals surface area contributed by atoms with Gasteiger partial charge in [0.15, 0.2) is 18.0 Å². The van der Waals surface area contributed by atoms with Crippen LogP contribution in [0, 0.1) is 28.5 Å². The van der Waals surface area contributed by atoms with Gasteiger partial charge in [-0.15, -0.1) is 0 Å². The van der Waals surface area contributed by atoms with Gasteiger partial charge in [0.2, 0.25) is 0 Å². The number of carbonyl (C=O) groups excluding carboxylic acids is 3. The van der Waals surface area contributed by atoms with Gasteiger partial charge in [-0.05, 0) is 75.8 Å². The summed E-state index contributed by atoms with van der Waals surface area (Å²) in [5.41, 5.74) is -3.92. The maximum Gasteiger partial charge on any atom is 0.408 e. The summed E-state index contributed by atoms with van der Waals surface area (Å²) < 4.78 is 50.8. The topological polar surface area (TPSA) is 172 Å². The maximum absolute atomic E-state index is 14.0. The Morgan fingerprint density at radius 2 is 1.89 bits per heavy atom. The number of esters is 2. The van der Waals surface area contributed by atoms with Crippen LogP contribution < -0.4 is 5.32 Å². The van der Waals surface area contributed by atoms with E-state index in [0.717, 1.165) is 12.3 Å². The van der Waals surface area contributed by atoms with E-state index in [4.69, 9.17) is 28.4 Å². The summed E-state index contributed by atoms with van der Waals surface area (Å²) in [7, 11) is 0. The minimum Gasteiger partial charge on any atom is -0.456 e. The van der Waals surface area contributed by atoms with E-state index >= 15 is 0 Å². The van der Waals surface area contributed by atoms with Gasteiger partial charge in [-0.3, -0.25) is 9.78 Å². The van der Waals surface area contributed by atoms with Gasteiger partial charge in [0, 0.05) is 30.1 Å². The Bertz CT molecular complexity index is 1680. The van der Waals surface area contributed by atoms with Crippen LogP contribution in [0.15, 0.2) is 42.1 Å². The molecule has 3 heterocycles. The summed E-state index contributed by atoms with van der Waals surface area (Å²) in [6.45, 7) is 20.1. The van der Waals surface area contributed by atoms with E-state index in [1.165, 1.54) is 13.0 Å². The molecule has 292 valence electrons. The van der Waals surface area contributed by atoms with Crippen LogP contribution in [0.4, 0.5) is 9.18 Å². The summed E-state index contributed by atoms with van der Waals surface area (Å²) >= 11 is 0. The van der Waals surface area contributed by atoms with Crippen LogP contribution in [0.25, 0.3) is 0 Å². The molecule has 3 N–H and O–H groups in total. The van der Waals surface area contributed by atoms with E-state index < -0.39 is 100 Å². The highest BCUT2D eigenvalue weighted by atomic mass is 19.1. The van der Waals surface area contributed by atoms with Gasteiger partial charge in [0.1, 0.15) is 35.8 Å². The lowest BCUT2D eigenvalue weighted by Crippen LogP contribution is -2.77. The van der Waals surface area contributed by atoms with Gasteiger partial charge < -0.3 is 44.0 Å². The Balaban J connectivity index is 1.42. The van der Waals surface area contributed by atoms with Crippen molar-refractivity contribution in [2.75, 3.05) is 6.61 Å². The number of rotatable bonds is 7. The molecule has 5 aliphatic rings. The standard InChI is InChI=1S/C39H53FN2O11/c1-11-26-50-30-27-19(2)24(49-33(45)29(44)28(23-13-12-22(40)17-41-23)42-34(46)53-35(5,6)7)16-39(47,36(27,8)9)20(3)31-37(10,32(30)51-26)15-14-25-38(31,18-48-25)52-21(4)43/h11-13,17,20,24-26,28-32,44,47H,1,14-16,18H2,2-10H3,(H,42,46)/t20-,24-,25+,26+,28-,29+,30+,31-,32+,37+,38-,39+/m0/s1. The van der Waals surface area contributed by atoms with Gasteiger partial charge >= 0.3 is 18.0 Å². The minimum atomic E-state index is -2.02. The van der Waals surface area contributed by atoms with Gasteiger partial charge in [0.05, 0.1) is 30.2 Å². The molecular formula is C39H53FN2O11. The van der Waals surface area contributed by atoms with Gasteiger partial charge in [-0.25, -0.2) is 14.0 Å². The van der Waals surface area contributed by atoms with Crippen molar-refractivity contribution in [3.8, 4) is 0 Å². The third-order valence-electron chi connectivity index (χ3n) is 12.5. The van der Waals surface area contributed by atoms with E-state index in [2.05, 4.69) is 23.8 Å². The van der Waals surface area contributed by atoms with E-state index in [0.29, 0.717) is 24.0 Å². The zero-order chi connectivity index (χ0) is 39.1. The third-order valence-corrected chi connectivity index (χ3v) is 12.5. The lowest BCUT2D eigenvalue weighted by molar-refractivity contribution is -0.337. The number of ether oxygens (including phenoxy) is 6. The van der Waals surface area contributed by atoms with Gasteiger partial charge in [-0.2, -0.15) is 0 Å². The number of aliphatic hydroxyl groups excluding tert-OH is 1. The van der Waals surface area contributed by atoms with Crippen LogP contribution in [-0.2, 0) is 38.0 Å². The monoisotopic (exact) mass is 744 g/mol. The van der Waals surface area contributed by atoms with Crippen molar-refractivity contribution in [2.45, 2.75) is 141 Å². The summed E-state index contributed by atoms with van der Waals surface area (Å²) in [5, 5.41) is 27.2. The quantitative estimate of drug-likeness (QED) is 0.202. The largest absolute Gasteiger partial charge is 0.456 e. The van der Waals surface area contributed by atoms with Crippen LogP contribution in [-0.4, -0.2) is 93.4 Å². The van der Waals surface area contributed by atoms with Gasteiger partial charge in [-0.1, -0.05) is 34.3 Å². The molecule has 2 bridgehead atoms. The number of nitrogens with zero attached hydrogens (tertiary/aromatic N) is 1. The number of amides is 1. The first-order valence-electron chi connectivity index (χ1n) is 18.3. The van der Waals surface area contributed by atoms with Crippen LogP contribution in [0.5, 0.6) is 0 Å². The Morgan fingerprint density at radius 3 is 2.45 bits per heavy atom. The van der Waals surface area contributed by atoms with Crippen LogP contribution >= 0.6 is 0 Å². The van der Waals surface area contributed by atoms with E-state index in [-0.39, 0.29) is 24.8 Å². The number of alkyl carbamates (subject to hydrolysis) is 1. The lowest BCUT2D eigenvalue weighted by atomic mass is 9.43. The molecule has 2 saturated heterocycles. The molecule has 14 heteroatoms. The number of aromatic nitrogens is 1. The molecule has 6 rings (SSSR count). The number of carbonyl (C=O) groups is 3. The Morgan fingerprint density at radius 1 is 1.19 bits per heavy atom. The normalized spacial score (nSPS) is 38.3. The molecule has 0 radical (unpaired) electrons. The highest BCUT2D eigenvalue weighted by molar-refractivity contribution is 5.78. The zero-order valence-electron chi connectivity index (χ0n) is 31.9. The molecule has 53 heavy (non-hydrogen) atoms. The van der Waals surface area contributed by atoms with Gasteiger partial charge in [0.25, 0.3) is 0 Å². The van der Waals surface area contributed by atoms with E-state index in [9.17, 15) is 29.0 Å². The third kappa shape index (κ3) is 6.37. The van der Waals surface area contributed by atoms with Crippen molar-refractivity contribution in [1.29, 1.82) is 0 Å². The fourth-order valence-electron chi connectivity index (χ4n) is 10.2. The molecule has 2 saturated carbocycles. The Hall–Kier alpha value is -3.43. The smallest absolute Gasteiger partial charge is 0.408 e. The molecular weight excluding hydrogens is 691 g/mol. The fourth-order valence-corrected chi connectivity index (χ4v) is 10.2. The molecule has 1 aromatic heterocycles. The highest BCUT2D eigenvalue weighted by Gasteiger charge is 2.75. The maximum atomic E-state index is 14.0. The predicted octanol–water partition coefficient (Wildman–Crippen LogP) is 4.60. The van der Waals surface area contributed by atoms with Crippen LogP contribution in [0.1, 0.15) is 93.3 Å². The highest BCUT2D eigenvalue weighted by Crippen LogP contribution is 2.67. The summed E-state index contributed by atoms with van der Waals surface area (Å²) in [6, 6.07) is 0.838. The van der Waals surface area contributed by atoms with Crippen LogP contribution in [0.2, 0.25) is 0 Å². The molecule has 3 aliphatic carbocycles. The number of aliphatic hydroxyl groups is 2. The lowest BCUT2D eigenvalue weighted by Gasteiger charge is -2.68. The minimum absolute atomic E-state index is 0.0154. The first-order valence-corrected chi connectivity index (χ1v) is 18.3. The SMILES string of the molecule is C=C[C@@H]1O[C@@H]2C3=C(C)[C@@H](OC(=O)[C@H](O)[C@@H](NC(=O)OC(C)(C)C)c4ccc(F)cn4)C[C@@](O)([C@@H](C)[C@H]4[C@@](C)(CC[C@H]5OC[C@]54OC(C)=O)[C@@H]2O1)C3(C)C. The number of pyridine rings is 1. The average Bonchev–Trinajstić information content (AvgIpc) is 3.48. The van der Waals surface area contributed by atoms with Crippen LogP contribution in [0.3, 0.4) is 0 Å². The summed E-state index contributed by atoms with van der Waals surface area (Å²) in [4.78, 5) is 43.6. The first-order chi connectivity index (χ1) is 24.6. The zero-order valence-corrected chi connectivity index (χ0v) is 31.9. The molecule has 1 aromatic rings. The van der Waals surface area contributed by atoms with Crippen molar-refractivity contribution in [3.05, 3.63) is 53.6 Å². The van der Waals surface area contributed by atoms with Crippen molar-refractivity contribution >= 4 is 18.0 Å². The molecule has 0 aromatic carbocycles. The van der Waals surface area contributed by atoms with E-state index in [1.54, 1.807) is 26.8 Å². The molecule has 13 nitrogen and oxygen atoms in total. The van der Waals surface area contributed by atoms with Crippen molar-refractivity contribution < 1.29 is 57.4 Å².